The number of hydrogen-bond acceptors (Lipinski definition) is 7. The van der Waals surface area contributed by atoms with Gasteiger partial charge in [0, 0.05) is 10.0 Å². The second-order valence-electron chi connectivity index (χ2n) is 4.83. The molecule has 1 aromatic carbocycles. The van der Waals surface area contributed by atoms with Crippen LogP contribution in [-0.2, 0) is 20.8 Å². The molecule has 2 amide bonds. The third kappa shape index (κ3) is 8.49. The molecular formula is C14H16Cl2N4O6. The molecular weight excluding hydrogens is 391 g/mol. The lowest BCUT2D eigenvalue weighted by molar-refractivity contribution is -0.757. The van der Waals surface area contributed by atoms with Crippen LogP contribution in [0.3, 0.4) is 0 Å². The summed E-state index contributed by atoms with van der Waals surface area (Å²) in [5, 5.41) is 21.3. The molecule has 1 rings (SSSR count). The number of rotatable bonds is 8. The fourth-order valence-corrected chi connectivity index (χ4v) is 2.25. The molecule has 1 aromatic rings. The fraction of sp³-hybridized carbons (Fsp3) is 0.357. The zero-order valence-corrected chi connectivity index (χ0v) is 14.9. The van der Waals surface area contributed by atoms with Crippen LogP contribution >= 0.6 is 23.2 Å². The van der Waals surface area contributed by atoms with E-state index in [2.05, 4.69) is 10.2 Å². The Bertz CT molecular complexity index is 665. The number of unbranched alkanes of at least 4 members (excludes halogenated alkanes) is 1. The molecule has 3 N–H and O–H groups in total. The average Bonchev–Trinajstić information content (AvgIpc) is 2.54. The third-order valence-electron chi connectivity index (χ3n) is 2.86. The minimum atomic E-state index is -0.943. The summed E-state index contributed by atoms with van der Waals surface area (Å²) in [4.78, 5) is 37.3. The standard InChI is InChI=1S/C14H16Cl2N4O6/c15-10-4-3-5-11(16)9(10)8-12(21)18-13(17)19-14(22)25-6-1-2-7-26-20(23)24/h3-5H,1-2,6-8H2,(H3,17,18,19,21,22). The van der Waals surface area contributed by atoms with E-state index in [0.29, 0.717) is 28.5 Å². The van der Waals surface area contributed by atoms with Crippen LogP contribution in [0.5, 0.6) is 0 Å². The van der Waals surface area contributed by atoms with Gasteiger partial charge in [0.25, 0.3) is 5.09 Å². The second-order valence-corrected chi connectivity index (χ2v) is 5.64. The van der Waals surface area contributed by atoms with Crippen molar-refractivity contribution in [1.82, 2.24) is 10.6 Å². The predicted molar refractivity (Wildman–Crippen MR) is 92.7 cm³/mol. The molecule has 26 heavy (non-hydrogen) atoms. The topological polar surface area (TPSA) is 144 Å². The van der Waals surface area contributed by atoms with Crippen molar-refractivity contribution in [2.24, 2.45) is 0 Å². The first-order valence-electron chi connectivity index (χ1n) is 7.32. The average molecular weight is 407 g/mol. The Morgan fingerprint density at radius 1 is 1.15 bits per heavy atom. The molecule has 142 valence electrons. The molecule has 0 aliphatic heterocycles. The van der Waals surface area contributed by atoms with Crippen molar-refractivity contribution in [2.45, 2.75) is 19.3 Å². The van der Waals surface area contributed by atoms with Crippen LogP contribution in [0.25, 0.3) is 0 Å². The van der Waals surface area contributed by atoms with E-state index >= 15 is 0 Å². The van der Waals surface area contributed by atoms with Crippen molar-refractivity contribution in [2.75, 3.05) is 13.2 Å². The van der Waals surface area contributed by atoms with E-state index in [4.69, 9.17) is 33.3 Å². The summed E-state index contributed by atoms with van der Waals surface area (Å²) in [5.74, 6) is -1.16. The number of carbonyl (C=O) groups is 2. The largest absolute Gasteiger partial charge is 0.449 e. The van der Waals surface area contributed by atoms with Crippen LogP contribution < -0.4 is 10.6 Å². The summed E-state index contributed by atoms with van der Waals surface area (Å²) < 4.78 is 4.75. The molecule has 0 aliphatic carbocycles. The van der Waals surface area contributed by atoms with Crippen LogP contribution in [0.4, 0.5) is 4.79 Å². The van der Waals surface area contributed by atoms with Gasteiger partial charge in [0.05, 0.1) is 19.6 Å². The summed E-state index contributed by atoms with van der Waals surface area (Å²) in [7, 11) is 0. The molecule has 0 aliphatic rings. The predicted octanol–water partition coefficient (Wildman–Crippen LogP) is 2.30. The van der Waals surface area contributed by atoms with Gasteiger partial charge in [-0.2, -0.15) is 0 Å². The van der Waals surface area contributed by atoms with Crippen molar-refractivity contribution in [3.05, 3.63) is 43.9 Å². The summed E-state index contributed by atoms with van der Waals surface area (Å²) in [6, 6.07) is 4.79. The van der Waals surface area contributed by atoms with Gasteiger partial charge in [-0.15, -0.1) is 10.1 Å². The minimum Gasteiger partial charge on any atom is -0.449 e. The van der Waals surface area contributed by atoms with Crippen LogP contribution in [-0.4, -0.2) is 36.3 Å². The maximum Gasteiger partial charge on any atom is 0.413 e. The van der Waals surface area contributed by atoms with E-state index in [0.717, 1.165) is 0 Å². The van der Waals surface area contributed by atoms with Crippen LogP contribution in [0.15, 0.2) is 18.2 Å². The molecule has 0 saturated carbocycles. The SMILES string of the molecule is N=C(NC(=O)Cc1c(Cl)cccc1Cl)NC(=O)OCCCCO[N+](=O)[O-]. The highest BCUT2D eigenvalue weighted by Gasteiger charge is 2.13. The molecule has 12 heteroatoms. The number of nitrogens with zero attached hydrogens (tertiary/aromatic N) is 1. The van der Waals surface area contributed by atoms with Crippen LogP contribution in [0.1, 0.15) is 18.4 Å². The summed E-state index contributed by atoms with van der Waals surface area (Å²) in [6.45, 7) is -0.127. The van der Waals surface area contributed by atoms with E-state index in [9.17, 15) is 19.7 Å². The maximum atomic E-state index is 11.9. The Morgan fingerprint density at radius 2 is 1.77 bits per heavy atom. The Labute approximate surface area is 158 Å². The number of halogens is 2. The van der Waals surface area contributed by atoms with Gasteiger partial charge >= 0.3 is 6.09 Å². The molecule has 0 aromatic heterocycles. The molecule has 0 atom stereocenters. The summed E-state index contributed by atoms with van der Waals surface area (Å²) in [5.41, 5.74) is 0.403. The Morgan fingerprint density at radius 3 is 2.38 bits per heavy atom. The number of hydrogen-bond donors (Lipinski definition) is 3. The first-order chi connectivity index (χ1) is 12.3. The molecule has 0 saturated heterocycles. The number of nitrogens with one attached hydrogen (secondary N) is 3. The van der Waals surface area contributed by atoms with Gasteiger partial charge in [-0.1, -0.05) is 29.3 Å². The highest BCUT2D eigenvalue weighted by Crippen LogP contribution is 2.24. The van der Waals surface area contributed by atoms with Gasteiger partial charge in [0.15, 0.2) is 0 Å². The first-order valence-corrected chi connectivity index (χ1v) is 8.07. The Balaban J connectivity index is 2.27. The van der Waals surface area contributed by atoms with E-state index in [1.54, 1.807) is 18.2 Å². The molecule has 0 fully saturated rings. The van der Waals surface area contributed by atoms with Gasteiger partial charge in [0.1, 0.15) is 0 Å². The molecule has 0 radical (unpaired) electrons. The number of alkyl carbamates (subject to hydrolysis) is 1. The quantitative estimate of drug-likeness (QED) is 0.198. The molecule has 0 heterocycles. The maximum absolute atomic E-state index is 11.9. The number of carbonyl (C=O) groups excluding carboxylic acids is 2. The third-order valence-corrected chi connectivity index (χ3v) is 3.57. The Kier molecular flexibility index (Phi) is 9.17. The van der Waals surface area contributed by atoms with Gasteiger partial charge in [0.2, 0.25) is 11.9 Å². The Hall–Kier alpha value is -2.59. The van der Waals surface area contributed by atoms with Crippen molar-refractivity contribution >= 4 is 41.2 Å². The number of ether oxygens (including phenoxy) is 1. The highest BCUT2D eigenvalue weighted by molar-refractivity contribution is 6.36. The van der Waals surface area contributed by atoms with Gasteiger partial charge in [-0.25, -0.2) is 4.79 Å². The molecule has 0 bridgehead atoms. The monoisotopic (exact) mass is 406 g/mol. The van der Waals surface area contributed by atoms with Crippen LogP contribution in [0, 0.1) is 15.5 Å². The highest BCUT2D eigenvalue weighted by atomic mass is 35.5. The second kappa shape index (κ2) is 11.1. The van der Waals surface area contributed by atoms with E-state index in [1.165, 1.54) is 0 Å². The van der Waals surface area contributed by atoms with Crippen molar-refractivity contribution < 1.29 is 24.3 Å². The van der Waals surface area contributed by atoms with Crippen molar-refractivity contribution in [3.8, 4) is 0 Å². The number of benzene rings is 1. The molecule has 0 spiro atoms. The molecule has 0 unspecified atom stereocenters. The number of guanidine groups is 1. The van der Waals surface area contributed by atoms with Crippen molar-refractivity contribution in [1.29, 1.82) is 5.41 Å². The smallest absolute Gasteiger partial charge is 0.413 e. The minimum absolute atomic E-state index is 0.0244. The zero-order chi connectivity index (χ0) is 19.5. The lowest BCUT2D eigenvalue weighted by Crippen LogP contribution is -2.44. The van der Waals surface area contributed by atoms with Crippen LogP contribution in [0.2, 0.25) is 10.0 Å². The fourth-order valence-electron chi connectivity index (χ4n) is 1.72. The lowest BCUT2D eigenvalue weighted by Gasteiger charge is -2.10. The van der Waals surface area contributed by atoms with Gasteiger partial charge in [-0.05, 0) is 30.5 Å². The van der Waals surface area contributed by atoms with E-state index in [1.807, 2.05) is 5.32 Å². The summed E-state index contributed by atoms with van der Waals surface area (Å²) >= 11 is 11.9. The normalized spacial score (nSPS) is 9.92. The van der Waals surface area contributed by atoms with E-state index < -0.39 is 23.0 Å². The number of amides is 2. The molecule has 10 nitrogen and oxygen atoms in total. The van der Waals surface area contributed by atoms with Crippen molar-refractivity contribution in [3.63, 3.8) is 0 Å². The lowest BCUT2D eigenvalue weighted by atomic mass is 10.1. The summed E-state index contributed by atoms with van der Waals surface area (Å²) in [6.07, 6.45) is -0.456. The van der Waals surface area contributed by atoms with Gasteiger partial charge in [-0.3, -0.25) is 20.8 Å². The van der Waals surface area contributed by atoms with E-state index in [-0.39, 0.29) is 19.6 Å². The zero-order valence-electron chi connectivity index (χ0n) is 13.4. The first kappa shape index (κ1) is 21.5. The van der Waals surface area contributed by atoms with Gasteiger partial charge < -0.3 is 9.57 Å².